The summed E-state index contributed by atoms with van der Waals surface area (Å²) in [6.07, 6.45) is 2.67. The molecule has 0 radical (unpaired) electrons. The first-order valence-corrected chi connectivity index (χ1v) is 6.23. The number of aromatic nitrogens is 2. The summed E-state index contributed by atoms with van der Waals surface area (Å²) in [5, 5.41) is 3.69. The van der Waals surface area contributed by atoms with E-state index >= 15 is 0 Å². The molecule has 0 aromatic carbocycles. The topological polar surface area (TPSA) is 41.1 Å². The Morgan fingerprint density at radius 1 is 1.60 bits per heavy atom. The SMILES string of the molecule is CC(CNc1nsnc1Cl)N(C)C1CC1. The highest BCUT2D eigenvalue weighted by molar-refractivity contribution is 6.99. The number of hydrogen-bond donors (Lipinski definition) is 1. The molecule has 1 aliphatic rings. The number of likely N-dealkylation sites (N-methyl/N-ethyl adjacent to an activating group) is 1. The van der Waals surface area contributed by atoms with Gasteiger partial charge in [0.15, 0.2) is 11.0 Å². The van der Waals surface area contributed by atoms with Gasteiger partial charge < -0.3 is 5.32 Å². The maximum absolute atomic E-state index is 5.84. The minimum atomic E-state index is 0.473. The lowest BCUT2D eigenvalue weighted by molar-refractivity contribution is 0.257. The highest BCUT2D eigenvalue weighted by Gasteiger charge is 2.28. The largest absolute Gasteiger partial charge is 0.365 e. The Balaban J connectivity index is 1.79. The van der Waals surface area contributed by atoms with Gasteiger partial charge in [0.1, 0.15) is 0 Å². The highest BCUT2D eigenvalue weighted by atomic mass is 35.5. The number of nitrogens with zero attached hydrogens (tertiary/aromatic N) is 3. The molecule has 0 amide bonds. The van der Waals surface area contributed by atoms with E-state index in [0.29, 0.717) is 17.0 Å². The first kappa shape index (κ1) is 11.1. The van der Waals surface area contributed by atoms with Crippen LogP contribution in [-0.4, -0.2) is 39.3 Å². The van der Waals surface area contributed by atoms with Crippen LogP contribution in [0.1, 0.15) is 19.8 Å². The molecule has 1 fully saturated rings. The molecule has 1 atom stereocenters. The molecule has 1 N–H and O–H groups in total. The van der Waals surface area contributed by atoms with Crippen molar-refractivity contribution in [2.45, 2.75) is 31.8 Å². The van der Waals surface area contributed by atoms with Crippen molar-refractivity contribution < 1.29 is 0 Å². The van der Waals surface area contributed by atoms with Crippen LogP contribution in [0.25, 0.3) is 0 Å². The van der Waals surface area contributed by atoms with E-state index in [-0.39, 0.29) is 0 Å². The summed E-state index contributed by atoms with van der Waals surface area (Å²) >= 11 is 6.98. The van der Waals surface area contributed by atoms with Gasteiger partial charge in [-0.2, -0.15) is 8.75 Å². The van der Waals surface area contributed by atoms with E-state index < -0.39 is 0 Å². The van der Waals surface area contributed by atoms with E-state index in [0.717, 1.165) is 24.3 Å². The molecular weight excluding hydrogens is 232 g/mol. The van der Waals surface area contributed by atoms with Crippen LogP contribution in [0.3, 0.4) is 0 Å². The average Bonchev–Trinajstić information content (AvgIpc) is 2.99. The average molecular weight is 247 g/mol. The molecule has 15 heavy (non-hydrogen) atoms. The molecule has 4 nitrogen and oxygen atoms in total. The standard InChI is InChI=1S/C9H15ClN4S/c1-6(14(2)7-3-4-7)5-11-9-8(10)12-15-13-9/h6-7H,3-5H2,1-2H3,(H,11,13). The van der Waals surface area contributed by atoms with Crippen molar-refractivity contribution in [2.24, 2.45) is 0 Å². The second-order valence-electron chi connectivity index (χ2n) is 4.03. The Bertz CT molecular complexity index is 326. The Morgan fingerprint density at radius 2 is 2.33 bits per heavy atom. The molecule has 2 rings (SSSR count). The van der Waals surface area contributed by atoms with Gasteiger partial charge in [-0.25, -0.2) is 0 Å². The quantitative estimate of drug-likeness (QED) is 0.864. The van der Waals surface area contributed by atoms with E-state index in [1.54, 1.807) is 0 Å². The van der Waals surface area contributed by atoms with Crippen LogP contribution >= 0.6 is 23.3 Å². The molecule has 1 heterocycles. The molecule has 1 aromatic rings. The first-order valence-electron chi connectivity index (χ1n) is 5.12. The summed E-state index contributed by atoms with van der Waals surface area (Å²) in [6.45, 7) is 3.07. The third-order valence-electron chi connectivity index (χ3n) is 2.83. The van der Waals surface area contributed by atoms with Crippen molar-refractivity contribution in [1.82, 2.24) is 13.6 Å². The van der Waals surface area contributed by atoms with Gasteiger partial charge in [-0.3, -0.25) is 4.90 Å². The number of halogens is 1. The zero-order valence-corrected chi connectivity index (χ0v) is 10.5. The van der Waals surface area contributed by atoms with Crippen LogP contribution in [0.15, 0.2) is 0 Å². The van der Waals surface area contributed by atoms with Crippen LogP contribution in [0, 0.1) is 0 Å². The van der Waals surface area contributed by atoms with Gasteiger partial charge >= 0.3 is 0 Å². The van der Waals surface area contributed by atoms with Gasteiger partial charge in [0.25, 0.3) is 0 Å². The van der Waals surface area contributed by atoms with Gasteiger partial charge in [0, 0.05) is 18.6 Å². The summed E-state index contributed by atoms with van der Waals surface area (Å²) in [5.74, 6) is 0.706. The molecule has 0 aliphatic heterocycles. The maximum Gasteiger partial charge on any atom is 0.186 e. The predicted octanol–water partition coefficient (Wildman–Crippen LogP) is 2.09. The second-order valence-corrected chi connectivity index (χ2v) is 4.92. The van der Waals surface area contributed by atoms with Gasteiger partial charge in [-0.15, -0.1) is 0 Å². The van der Waals surface area contributed by atoms with Gasteiger partial charge in [0.05, 0.1) is 11.7 Å². The molecule has 1 aliphatic carbocycles. The maximum atomic E-state index is 5.84. The number of anilines is 1. The molecule has 6 heteroatoms. The molecule has 84 valence electrons. The van der Waals surface area contributed by atoms with Crippen LogP contribution < -0.4 is 5.32 Å². The van der Waals surface area contributed by atoms with E-state index in [4.69, 9.17) is 11.6 Å². The fraction of sp³-hybridized carbons (Fsp3) is 0.778. The van der Waals surface area contributed by atoms with Crippen molar-refractivity contribution in [3.8, 4) is 0 Å². The van der Waals surface area contributed by atoms with Crippen molar-refractivity contribution in [3.05, 3.63) is 5.15 Å². The van der Waals surface area contributed by atoms with Gasteiger partial charge in [0.2, 0.25) is 0 Å². The molecule has 0 bridgehead atoms. The smallest absolute Gasteiger partial charge is 0.186 e. The summed E-state index contributed by atoms with van der Waals surface area (Å²) in [7, 11) is 2.17. The fourth-order valence-corrected chi connectivity index (χ4v) is 2.20. The van der Waals surface area contributed by atoms with Gasteiger partial charge in [-0.1, -0.05) is 11.6 Å². The number of hydrogen-bond acceptors (Lipinski definition) is 5. The van der Waals surface area contributed by atoms with E-state index in [1.165, 1.54) is 12.8 Å². The van der Waals surface area contributed by atoms with E-state index in [1.807, 2.05) is 0 Å². The normalized spacial score (nSPS) is 18.1. The van der Waals surface area contributed by atoms with Crippen molar-refractivity contribution in [2.75, 3.05) is 18.9 Å². The number of rotatable bonds is 5. The molecule has 0 saturated heterocycles. The monoisotopic (exact) mass is 246 g/mol. The van der Waals surface area contributed by atoms with Crippen LogP contribution in [0.5, 0.6) is 0 Å². The molecule has 1 saturated carbocycles. The van der Waals surface area contributed by atoms with Crippen molar-refractivity contribution in [1.29, 1.82) is 0 Å². The molecule has 0 spiro atoms. The van der Waals surface area contributed by atoms with Crippen LogP contribution in [0.2, 0.25) is 5.15 Å². The number of nitrogens with one attached hydrogen (secondary N) is 1. The first-order chi connectivity index (χ1) is 7.18. The second kappa shape index (κ2) is 4.63. The minimum absolute atomic E-state index is 0.473. The van der Waals surface area contributed by atoms with E-state index in [9.17, 15) is 0 Å². The summed E-state index contributed by atoms with van der Waals surface area (Å²) < 4.78 is 7.98. The zero-order chi connectivity index (χ0) is 10.8. The Morgan fingerprint density at radius 3 is 2.87 bits per heavy atom. The fourth-order valence-electron chi connectivity index (χ4n) is 1.51. The Labute approximate surface area is 99.0 Å². The summed E-state index contributed by atoms with van der Waals surface area (Å²) in [5.41, 5.74) is 0. The summed E-state index contributed by atoms with van der Waals surface area (Å²) in [6, 6.07) is 1.28. The van der Waals surface area contributed by atoms with Gasteiger partial charge in [-0.05, 0) is 26.8 Å². The lowest BCUT2D eigenvalue weighted by Crippen LogP contribution is -2.36. The molecule has 1 aromatic heterocycles. The van der Waals surface area contributed by atoms with E-state index in [2.05, 4.69) is 32.9 Å². The Kier molecular flexibility index (Phi) is 3.43. The van der Waals surface area contributed by atoms with Crippen LogP contribution in [0.4, 0.5) is 5.82 Å². The van der Waals surface area contributed by atoms with Crippen molar-refractivity contribution >= 4 is 29.1 Å². The van der Waals surface area contributed by atoms with Crippen LogP contribution in [-0.2, 0) is 0 Å². The lowest BCUT2D eigenvalue weighted by atomic mass is 10.3. The third-order valence-corrected chi connectivity index (χ3v) is 3.72. The molecule has 1 unspecified atom stereocenters. The third kappa shape index (κ3) is 2.80. The minimum Gasteiger partial charge on any atom is -0.365 e. The predicted molar refractivity (Wildman–Crippen MR) is 63.7 cm³/mol. The Hall–Kier alpha value is -0.390. The zero-order valence-electron chi connectivity index (χ0n) is 8.90. The highest BCUT2D eigenvalue weighted by Crippen LogP contribution is 2.27. The van der Waals surface area contributed by atoms with Crippen molar-refractivity contribution in [3.63, 3.8) is 0 Å². The molecular formula is C9H15ClN4S. The lowest BCUT2D eigenvalue weighted by Gasteiger charge is -2.24. The summed E-state index contributed by atoms with van der Waals surface area (Å²) in [4.78, 5) is 2.40.